The molecule has 0 saturated carbocycles. The molecule has 4 N–H and O–H groups in total. The zero-order valence-electron chi connectivity index (χ0n) is 21.6. The number of rotatable bonds is 12. The summed E-state index contributed by atoms with van der Waals surface area (Å²) < 4.78 is 5.66. The number of carboxylic acids is 1. The average molecular weight is 510 g/mol. The number of likely N-dealkylation sites (tertiary alicyclic amines) is 1. The van der Waals surface area contributed by atoms with Gasteiger partial charge in [-0.2, -0.15) is 0 Å². The summed E-state index contributed by atoms with van der Waals surface area (Å²) in [6.07, 6.45) is 3.13. The normalized spacial score (nSPS) is 21.0. The van der Waals surface area contributed by atoms with E-state index >= 15 is 0 Å². The summed E-state index contributed by atoms with van der Waals surface area (Å²) in [4.78, 5) is 30.0. The van der Waals surface area contributed by atoms with Crippen molar-refractivity contribution < 1.29 is 24.5 Å². The predicted octanol–water partition coefficient (Wildman–Crippen LogP) is 2.41. The SMILES string of the molecule is CCCCN(CCN)C(=O)CN1C[C@H](c2ccc3c(c2)CCO3)[C@@H](C(=O)O)[C@@H]1Cc1ccccc1CO. The van der Waals surface area contributed by atoms with E-state index in [0.717, 1.165) is 47.3 Å². The third-order valence-corrected chi connectivity index (χ3v) is 7.76. The molecule has 0 unspecified atom stereocenters. The number of hydrogen-bond acceptors (Lipinski definition) is 6. The molecule has 0 spiro atoms. The highest BCUT2D eigenvalue weighted by Crippen LogP contribution is 2.41. The highest BCUT2D eigenvalue weighted by Gasteiger charge is 2.47. The van der Waals surface area contributed by atoms with Crippen molar-refractivity contribution in [2.75, 3.05) is 39.3 Å². The number of ether oxygens (including phenoxy) is 1. The predicted molar refractivity (Wildman–Crippen MR) is 141 cm³/mol. The van der Waals surface area contributed by atoms with Crippen LogP contribution in [0.25, 0.3) is 0 Å². The van der Waals surface area contributed by atoms with Gasteiger partial charge in [-0.3, -0.25) is 14.5 Å². The van der Waals surface area contributed by atoms with Crippen LogP contribution in [0.5, 0.6) is 5.75 Å². The number of benzene rings is 2. The minimum Gasteiger partial charge on any atom is -0.493 e. The molecule has 0 aromatic heterocycles. The number of carboxylic acid groups (broad SMARTS) is 1. The fourth-order valence-electron chi connectivity index (χ4n) is 5.80. The van der Waals surface area contributed by atoms with Gasteiger partial charge in [0.25, 0.3) is 0 Å². The number of aliphatic hydroxyl groups is 1. The zero-order chi connectivity index (χ0) is 26.4. The van der Waals surface area contributed by atoms with Gasteiger partial charge < -0.3 is 25.6 Å². The highest BCUT2D eigenvalue weighted by molar-refractivity contribution is 5.79. The summed E-state index contributed by atoms with van der Waals surface area (Å²) in [7, 11) is 0. The van der Waals surface area contributed by atoms with Crippen molar-refractivity contribution in [3.8, 4) is 5.75 Å². The fraction of sp³-hybridized carbons (Fsp3) is 0.517. The lowest BCUT2D eigenvalue weighted by Gasteiger charge is -2.30. The number of carbonyl (C=O) groups excluding carboxylic acids is 1. The van der Waals surface area contributed by atoms with Crippen molar-refractivity contribution in [1.82, 2.24) is 9.80 Å². The van der Waals surface area contributed by atoms with Gasteiger partial charge >= 0.3 is 5.97 Å². The van der Waals surface area contributed by atoms with Crippen molar-refractivity contribution >= 4 is 11.9 Å². The second-order valence-electron chi connectivity index (χ2n) is 10.1. The first-order valence-electron chi connectivity index (χ1n) is 13.3. The van der Waals surface area contributed by atoms with Crippen molar-refractivity contribution in [1.29, 1.82) is 0 Å². The lowest BCUT2D eigenvalue weighted by molar-refractivity contribution is -0.143. The second kappa shape index (κ2) is 12.5. The van der Waals surface area contributed by atoms with Crippen LogP contribution in [0.3, 0.4) is 0 Å². The third kappa shape index (κ3) is 6.14. The van der Waals surface area contributed by atoms with E-state index in [0.29, 0.717) is 39.2 Å². The van der Waals surface area contributed by atoms with E-state index in [1.165, 1.54) is 0 Å². The van der Waals surface area contributed by atoms with E-state index in [1.807, 2.05) is 41.3 Å². The molecule has 2 aliphatic heterocycles. The number of amides is 1. The Hall–Kier alpha value is -2.94. The number of hydrogen-bond donors (Lipinski definition) is 3. The number of carbonyl (C=O) groups is 2. The first kappa shape index (κ1) is 27.1. The van der Waals surface area contributed by atoms with E-state index in [9.17, 15) is 19.8 Å². The topological polar surface area (TPSA) is 116 Å². The van der Waals surface area contributed by atoms with Gasteiger partial charge in [-0.1, -0.05) is 49.7 Å². The Bertz CT molecular complexity index is 1090. The maximum Gasteiger partial charge on any atom is 0.308 e. The van der Waals surface area contributed by atoms with Crippen LogP contribution in [0, 0.1) is 5.92 Å². The zero-order valence-corrected chi connectivity index (χ0v) is 21.6. The molecule has 2 heterocycles. The lowest BCUT2D eigenvalue weighted by atomic mass is 9.82. The Morgan fingerprint density at radius 1 is 1.16 bits per heavy atom. The van der Waals surface area contributed by atoms with Gasteiger partial charge in [0.15, 0.2) is 0 Å². The average Bonchev–Trinajstić information content (AvgIpc) is 3.51. The van der Waals surface area contributed by atoms with E-state index in [4.69, 9.17) is 10.5 Å². The van der Waals surface area contributed by atoms with Gasteiger partial charge in [0.2, 0.25) is 5.91 Å². The molecule has 200 valence electrons. The number of aliphatic carboxylic acids is 1. The summed E-state index contributed by atoms with van der Waals surface area (Å²) in [5.41, 5.74) is 9.56. The van der Waals surface area contributed by atoms with E-state index in [2.05, 4.69) is 13.0 Å². The molecule has 2 aliphatic rings. The van der Waals surface area contributed by atoms with Gasteiger partial charge in [0, 0.05) is 44.6 Å². The molecule has 0 bridgehead atoms. The van der Waals surface area contributed by atoms with Crippen molar-refractivity contribution in [3.05, 3.63) is 64.7 Å². The molecule has 3 atom stereocenters. The molecule has 8 nitrogen and oxygen atoms in total. The molecule has 1 amide bonds. The number of nitrogens with zero attached hydrogens (tertiary/aromatic N) is 2. The van der Waals surface area contributed by atoms with Gasteiger partial charge in [0.1, 0.15) is 5.75 Å². The molecule has 4 rings (SSSR count). The van der Waals surface area contributed by atoms with Crippen LogP contribution >= 0.6 is 0 Å². The Kier molecular flexibility index (Phi) is 9.18. The third-order valence-electron chi connectivity index (χ3n) is 7.76. The maximum atomic E-state index is 13.4. The van der Waals surface area contributed by atoms with Crippen LogP contribution < -0.4 is 10.5 Å². The molecule has 8 heteroatoms. The largest absolute Gasteiger partial charge is 0.493 e. The molecule has 0 aliphatic carbocycles. The minimum absolute atomic E-state index is 0.0218. The molecule has 37 heavy (non-hydrogen) atoms. The minimum atomic E-state index is -0.868. The van der Waals surface area contributed by atoms with Crippen LogP contribution in [-0.4, -0.2) is 77.3 Å². The Balaban J connectivity index is 1.66. The smallest absolute Gasteiger partial charge is 0.308 e. The van der Waals surface area contributed by atoms with E-state index in [1.54, 1.807) is 4.90 Å². The quantitative estimate of drug-likeness (QED) is 0.402. The molecule has 2 aromatic rings. The fourth-order valence-corrected chi connectivity index (χ4v) is 5.80. The van der Waals surface area contributed by atoms with Gasteiger partial charge in [-0.15, -0.1) is 0 Å². The van der Waals surface area contributed by atoms with Crippen LogP contribution in [-0.2, 0) is 29.0 Å². The number of unbranched alkanes of at least 4 members (excludes halogenated alkanes) is 1. The van der Waals surface area contributed by atoms with Crippen molar-refractivity contribution in [2.45, 2.75) is 51.2 Å². The number of aliphatic hydroxyl groups excluding tert-OH is 1. The summed E-state index contributed by atoms with van der Waals surface area (Å²) in [5.74, 6) is -0.985. The summed E-state index contributed by atoms with van der Waals surface area (Å²) in [6, 6.07) is 13.2. The molecule has 2 aromatic carbocycles. The van der Waals surface area contributed by atoms with E-state index in [-0.39, 0.29) is 25.0 Å². The monoisotopic (exact) mass is 509 g/mol. The molecule has 0 radical (unpaired) electrons. The lowest BCUT2D eigenvalue weighted by Crippen LogP contribution is -2.46. The molecule has 1 fully saturated rings. The summed E-state index contributed by atoms with van der Waals surface area (Å²) in [5, 5.41) is 20.4. The number of nitrogens with two attached hydrogens (primary N) is 1. The Morgan fingerprint density at radius 2 is 1.95 bits per heavy atom. The number of fused-ring (bicyclic) bond motifs is 1. The summed E-state index contributed by atoms with van der Waals surface area (Å²) >= 11 is 0. The first-order valence-corrected chi connectivity index (χ1v) is 13.3. The first-order chi connectivity index (χ1) is 18.0. The maximum absolute atomic E-state index is 13.4. The summed E-state index contributed by atoms with van der Waals surface area (Å²) in [6.45, 7) is 4.75. The van der Waals surface area contributed by atoms with Crippen LogP contribution in [0.1, 0.15) is 47.9 Å². The second-order valence-corrected chi connectivity index (χ2v) is 10.1. The molecular formula is C29H39N3O5. The van der Waals surface area contributed by atoms with Gasteiger partial charge in [-0.25, -0.2) is 0 Å². The molecular weight excluding hydrogens is 470 g/mol. The van der Waals surface area contributed by atoms with Crippen molar-refractivity contribution in [2.24, 2.45) is 11.7 Å². The Labute approximate surface area is 219 Å². The van der Waals surface area contributed by atoms with Gasteiger partial charge in [-0.05, 0) is 41.2 Å². The van der Waals surface area contributed by atoms with Crippen LogP contribution in [0.15, 0.2) is 42.5 Å². The van der Waals surface area contributed by atoms with Crippen LogP contribution in [0.4, 0.5) is 0 Å². The Morgan fingerprint density at radius 3 is 2.65 bits per heavy atom. The molecule has 1 saturated heterocycles. The van der Waals surface area contributed by atoms with Gasteiger partial charge in [0.05, 0.1) is 25.7 Å². The van der Waals surface area contributed by atoms with E-state index < -0.39 is 17.9 Å². The highest BCUT2D eigenvalue weighted by atomic mass is 16.5. The standard InChI is InChI=1S/C29H39N3O5/c1-2-3-12-31(13-11-30)27(34)18-32-17-24(21-8-9-26-22(15-21)10-14-37-26)28(29(35)36)25(32)16-20-6-4-5-7-23(20)19-33/h4-9,15,24-25,28,33H,2-3,10-14,16-19,30H2,1H3,(H,35,36)/t24-,25+,28-/m1/s1. The van der Waals surface area contributed by atoms with Crippen LogP contribution in [0.2, 0.25) is 0 Å². The van der Waals surface area contributed by atoms with Crippen molar-refractivity contribution in [3.63, 3.8) is 0 Å².